The summed E-state index contributed by atoms with van der Waals surface area (Å²) in [5.41, 5.74) is 0. The van der Waals surface area contributed by atoms with Gasteiger partial charge >= 0.3 is 5.97 Å². The summed E-state index contributed by atoms with van der Waals surface area (Å²) in [6.45, 7) is 2.31. The lowest BCUT2D eigenvalue weighted by Gasteiger charge is -2.14. The van der Waals surface area contributed by atoms with Gasteiger partial charge in [0.25, 0.3) is 0 Å². The van der Waals surface area contributed by atoms with Gasteiger partial charge < -0.3 is 9.47 Å². The van der Waals surface area contributed by atoms with Gasteiger partial charge in [-0.15, -0.1) is 0 Å². The molecule has 1 aliphatic rings. The number of hydrogen-bond donors (Lipinski definition) is 0. The summed E-state index contributed by atoms with van der Waals surface area (Å²) in [6, 6.07) is 0. The number of rotatable bonds is 5. The Morgan fingerprint density at radius 2 is 2.31 bits per heavy atom. The molecule has 0 aromatic carbocycles. The van der Waals surface area contributed by atoms with E-state index in [0.717, 1.165) is 0 Å². The summed E-state index contributed by atoms with van der Waals surface area (Å²) in [5, 5.41) is 0.271. The van der Waals surface area contributed by atoms with Gasteiger partial charge in [0.1, 0.15) is 11.6 Å². The number of ether oxygens (including phenoxy) is 2. The maximum absolute atomic E-state index is 12.8. The maximum Gasteiger partial charge on any atom is 0.309 e. The third kappa shape index (κ3) is 4.23. The van der Waals surface area contributed by atoms with Crippen LogP contribution in [-0.2, 0) is 14.3 Å². The minimum absolute atomic E-state index is 0.174. The molecule has 0 radical (unpaired) electrons. The molecule has 5 heteroatoms. The summed E-state index contributed by atoms with van der Waals surface area (Å²) in [6.07, 6.45) is 2.15. The topological polar surface area (TPSA) is 35.5 Å². The molecule has 0 aromatic rings. The zero-order chi connectivity index (χ0) is 12.0. The van der Waals surface area contributed by atoms with E-state index in [0.29, 0.717) is 25.2 Å². The van der Waals surface area contributed by atoms with E-state index in [9.17, 15) is 9.18 Å². The molecule has 0 saturated carbocycles. The van der Waals surface area contributed by atoms with Crippen molar-refractivity contribution < 1.29 is 18.7 Å². The van der Waals surface area contributed by atoms with Crippen LogP contribution in [0.15, 0.2) is 22.7 Å². The van der Waals surface area contributed by atoms with Gasteiger partial charge in [-0.1, -0.05) is 11.6 Å². The predicted octanol–water partition coefficient (Wildman–Crippen LogP) is 3.05. The van der Waals surface area contributed by atoms with E-state index < -0.39 is 0 Å². The zero-order valence-electron chi connectivity index (χ0n) is 9.09. The normalized spacial score (nSPS) is 15.8. The van der Waals surface area contributed by atoms with Gasteiger partial charge in [0.05, 0.1) is 24.7 Å². The van der Waals surface area contributed by atoms with Crippen LogP contribution in [0.5, 0.6) is 0 Å². The van der Waals surface area contributed by atoms with E-state index >= 15 is 0 Å². The molecule has 0 atom stereocenters. The van der Waals surface area contributed by atoms with Crippen LogP contribution in [0.4, 0.5) is 4.39 Å². The molecule has 0 aromatic heterocycles. The Labute approximate surface area is 98.9 Å². The van der Waals surface area contributed by atoms with E-state index in [-0.39, 0.29) is 29.9 Å². The second-order valence-corrected chi connectivity index (χ2v) is 3.67. The van der Waals surface area contributed by atoms with Crippen molar-refractivity contribution in [1.29, 1.82) is 0 Å². The average Bonchev–Trinajstić information content (AvgIpc) is 2.22. The Kier molecular flexibility index (Phi) is 5.32. The van der Waals surface area contributed by atoms with Crippen LogP contribution in [0.3, 0.4) is 0 Å². The Hall–Kier alpha value is -1.03. The Morgan fingerprint density at radius 3 is 2.94 bits per heavy atom. The van der Waals surface area contributed by atoms with Crippen molar-refractivity contribution in [2.24, 2.45) is 0 Å². The van der Waals surface area contributed by atoms with Crippen molar-refractivity contribution in [2.75, 3.05) is 13.2 Å². The van der Waals surface area contributed by atoms with E-state index in [4.69, 9.17) is 21.1 Å². The first-order chi connectivity index (χ1) is 7.63. The molecule has 90 valence electrons. The summed E-state index contributed by atoms with van der Waals surface area (Å²) >= 11 is 5.78. The number of carbonyl (C=O) groups is 1. The highest BCUT2D eigenvalue weighted by Gasteiger charge is 2.13. The molecule has 0 unspecified atom stereocenters. The fraction of sp³-hybridized carbons (Fsp3) is 0.545. The van der Waals surface area contributed by atoms with Gasteiger partial charge in [-0.2, -0.15) is 0 Å². The van der Waals surface area contributed by atoms with Gasteiger partial charge in [0.2, 0.25) is 0 Å². The standard InChI is InChI=1S/C11H14ClFO3/c1-2-15-11(14)5-6-16-10-4-3-8(13)7-9(10)12/h7H,2-6H2,1H3. The lowest BCUT2D eigenvalue weighted by molar-refractivity contribution is -0.144. The van der Waals surface area contributed by atoms with Gasteiger partial charge in [0.15, 0.2) is 0 Å². The molecule has 0 heterocycles. The largest absolute Gasteiger partial charge is 0.496 e. The molecule has 0 fully saturated rings. The molecular formula is C11H14ClFO3. The van der Waals surface area contributed by atoms with Crippen LogP contribution in [0.2, 0.25) is 0 Å². The fourth-order valence-electron chi connectivity index (χ4n) is 1.27. The van der Waals surface area contributed by atoms with Crippen molar-refractivity contribution in [2.45, 2.75) is 26.2 Å². The van der Waals surface area contributed by atoms with Crippen molar-refractivity contribution in [3.63, 3.8) is 0 Å². The second-order valence-electron chi connectivity index (χ2n) is 3.27. The molecule has 1 aliphatic carbocycles. The lowest BCUT2D eigenvalue weighted by Crippen LogP contribution is -2.09. The highest BCUT2D eigenvalue weighted by molar-refractivity contribution is 6.31. The van der Waals surface area contributed by atoms with Gasteiger partial charge in [0, 0.05) is 12.8 Å². The summed E-state index contributed by atoms with van der Waals surface area (Å²) in [5.74, 6) is -0.0214. The molecule has 16 heavy (non-hydrogen) atoms. The van der Waals surface area contributed by atoms with Gasteiger partial charge in [-0.25, -0.2) is 4.39 Å². The lowest BCUT2D eigenvalue weighted by atomic mass is 10.1. The van der Waals surface area contributed by atoms with Gasteiger partial charge in [-0.05, 0) is 13.0 Å². The van der Waals surface area contributed by atoms with Crippen LogP contribution in [-0.4, -0.2) is 19.2 Å². The summed E-state index contributed by atoms with van der Waals surface area (Å²) < 4.78 is 22.8. The zero-order valence-corrected chi connectivity index (χ0v) is 9.85. The molecule has 3 nitrogen and oxygen atoms in total. The molecule has 0 N–H and O–H groups in total. The van der Waals surface area contributed by atoms with Crippen LogP contribution >= 0.6 is 11.6 Å². The van der Waals surface area contributed by atoms with Crippen LogP contribution < -0.4 is 0 Å². The molecule has 1 rings (SSSR count). The molecule has 0 spiro atoms. The molecular weight excluding hydrogens is 235 g/mol. The first kappa shape index (κ1) is 13.0. The smallest absolute Gasteiger partial charge is 0.309 e. The van der Waals surface area contributed by atoms with E-state index in [1.165, 1.54) is 6.08 Å². The molecule has 0 amide bonds. The van der Waals surface area contributed by atoms with Crippen molar-refractivity contribution in [3.8, 4) is 0 Å². The van der Waals surface area contributed by atoms with Crippen molar-refractivity contribution >= 4 is 17.6 Å². The van der Waals surface area contributed by atoms with Crippen molar-refractivity contribution in [3.05, 3.63) is 22.7 Å². The SMILES string of the molecule is CCOC(=O)CCOC1=C(Cl)C=C(F)CC1. The minimum atomic E-state index is -0.309. The van der Waals surface area contributed by atoms with E-state index in [2.05, 4.69) is 0 Å². The quantitative estimate of drug-likeness (QED) is 0.702. The highest BCUT2D eigenvalue weighted by atomic mass is 35.5. The Bertz CT molecular complexity index is 323. The Balaban J connectivity index is 2.33. The predicted molar refractivity (Wildman–Crippen MR) is 58.5 cm³/mol. The second kappa shape index (κ2) is 6.53. The third-order valence-electron chi connectivity index (χ3n) is 2.03. The fourth-order valence-corrected chi connectivity index (χ4v) is 1.54. The molecule has 0 aliphatic heterocycles. The first-order valence-corrected chi connectivity index (χ1v) is 5.54. The van der Waals surface area contributed by atoms with Crippen LogP contribution in [0.1, 0.15) is 26.2 Å². The summed E-state index contributed by atoms with van der Waals surface area (Å²) in [4.78, 5) is 11.0. The minimum Gasteiger partial charge on any atom is -0.496 e. The monoisotopic (exact) mass is 248 g/mol. The van der Waals surface area contributed by atoms with E-state index in [1.54, 1.807) is 6.92 Å². The van der Waals surface area contributed by atoms with Crippen molar-refractivity contribution in [1.82, 2.24) is 0 Å². The first-order valence-electron chi connectivity index (χ1n) is 5.16. The average molecular weight is 249 g/mol. The Morgan fingerprint density at radius 1 is 1.56 bits per heavy atom. The van der Waals surface area contributed by atoms with Crippen LogP contribution in [0.25, 0.3) is 0 Å². The highest BCUT2D eigenvalue weighted by Crippen LogP contribution is 2.27. The number of allylic oxidation sites excluding steroid dienone is 4. The van der Waals surface area contributed by atoms with Crippen LogP contribution in [0, 0.1) is 0 Å². The molecule has 0 bridgehead atoms. The van der Waals surface area contributed by atoms with Gasteiger partial charge in [-0.3, -0.25) is 4.79 Å². The number of hydrogen-bond acceptors (Lipinski definition) is 3. The number of esters is 1. The molecule has 0 saturated heterocycles. The summed E-state index contributed by atoms with van der Waals surface area (Å²) in [7, 11) is 0. The number of halogens is 2. The van der Waals surface area contributed by atoms with E-state index in [1.807, 2.05) is 0 Å². The third-order valence-corrected chi connectivity index (χ3v) is 2.35. The maximum atomic E-state index is 12.8. The number of carbonyl (C=O) groups excluding carboxylic acids is 1.